The number of hydrogen-bond acceptors (Lipinski definition) is 5. The lowest BCUT2D eigenvalue weighted by atomic mass is 10.1. The molecule has 0 unspecified atom stereocenters. The molecule has 7 heteroatoms. The Balaban J connectivity index is 1.44. The van der Waals surface area contributed by atoms with Gasteiger partial charge < -0.3 is 15.4 Å². The van der Waals surface area contributed by atoms with Crippen LogP contribution in [-0.4, -0.2) is 23.0 Å². The zero-order valence-corrected chi connectivity index (χ0v) is 16.7. The van der Waals surface area contributed by atoms with Gasteiger partial charge in [0.2, 0.25) is 5.95 Å². The van der Waals surface area contributed by atoms with Gasteiger partial charge in [0.05, 0.1) is 7.11 Å². The zero-order valence-electron chi connectivity index (χ0n) is 16.7. The number of nitrogens with zero attached hydrogens (tertiary/aromatic N) is 2. The van der Waals surface area contributed by atoms with Gasteiger partial charge in [-0.2, -0.15) is 0 Å². The summed E-state index contributed by atoms with van der Waals surface area (Å²) < 4.78 is 18.5. The molecule has 0 aliphatic carbocycles. The van der Waals surface area contributed by atoms with Gasteiger partial charge in [-0.1, -0.05) is 18.2 Å². The van der Waals surface area contributed by atoms with E-state index in [0.29, 0.717) is 39.8 Å². The van der Waals surface area contributed by atoms with Crippen molar-refractivity contribution in [1.29, 1.82) is 0 Å². The largest absolute Gasteiger partial charge is 0.497 e. The zero-order chi connectivity index (χ0) is 21.6. The second-order valence-corrected chi connectivity index (χ2v) is 6.69. The first kappa shape index (κ1) is 20.0. The van der Waals surface area contributed by atoms with Crippen LogP contribution in [0.1, 0.15) is 10.4 Å². The van der Waals surface area contributed by atoms with Crippen molar-refractivity contribution in [2.45, 2.75) is 0 Å². The Labute approximate surface area is 178 Å². The van der Waals surface area contributed by atoms with Gasteiger partial charge >= 0.3 is 0 Å². The summed E-state index contributed by atoms with van der Waals surface area (Å²) >= 11 is 0. The van der Waals surface area contributed by atoms with E-state index in [4.69, 9.17) is 4.74 Å². The van der Waals surface area contributed by atoms with Crippen LogP contribution in [0.4, 0.5) is 21.7 Å². The Hall–Kier alpha value is -4.26. The smallest absolute Gasteiger partial charge is 0.255 e. The standard InChI is InChI=1S/C24H19FN4O2/c1-31-22-10-8-20(9-11-22)28-23(30)17-5-3-7-21(13-17)29-24-26-14-18(15-27-24)16-4-2-6-19(25)12-16/h2-15H,1H3,(H,28,30)(H,26,27,29). The van der Waals surface area contributed by atoms with E-state index >= 15 is 0 Å². The maximum Gasteiger partial charge on any atom is 0.255 e. The van der Waals surface area contributed by atoms with Crippen molar-refractivity contribution in [2.24, 2.45) is 0 Å². The van der Waals surface area contributed by atoms with E-state index in [0.717, 1.165) is 0 Å². The quantitative estimate of drug-likeness (QED) is 0.449. The fourth-order valence-corrected chi connectivity index (χ4v) is 2.95. The van der Waals surface area contributed by atoms with E-state index in [1.54, 1.807) is 74.1 Å². The number of hydrogen-bond donors (Lipinski definition) is 2. The Kier molecular flexibility index (Phi) is 5.84. The van der Waals surface area contributed by atoms with Crippen LogP contribution in [0.3, 0.4) is 0 Å². The molecule has 1 aromatic heterocycles. The summed E-state index contributed by atoms with van der Waals surface area (Å²) in [7, 11) is 1.59. The molecule has 0 saturated carbocycles. The summed E-state index contributed by atoms with van der Waals surface area (Å²) in [6.07, 6.45) is 3.23. The molecule has 0 bridgehead atoms. The molecule has 3 aromatic carbocycles. The highest BCUT2D eigenvalue weighted by Crippen LogP contribution is 2.21. The average Bonchev–Trinajstić information content (AvgIpc) is 2.80. The Morgan fingerprint density at radius 1 is 0.871 bits per heavy atom. The molecule has 0 aliphatic rings. The van der Waals surface area contributed by atoms with Gasteiger partial charge in [-0.25, -0.2) is 14.4 Å². The molecule has 0 saturated heterocycles. The van der Waals surface area contributed by atoms with E-state index < -0.39 is 0 Å². The minimum absolute atomic E-state index is 0.240. The summed E-state index contributed by atoms with van der Waals surface area (Å²) in [5.74, 6) is 0.529. The number of halogens is 1. The van der Waals surface area contributed by atoms with Crippen molar-refractivity contribution in [3.8, 4) is 16.9 Å². The van der Waals surface area contributed by atoms with E-state index in [9.17, 15) is 9.18 Å². The third-order valence-electron chi connectivity index (χ3n) is 4.54. The molecular weight excluding hydrogens is 395 g/mol. The van der Waals surface area contributed by atoms with Gasteiger partial charge in [-0.05, 0) is 60.2 Å². The number of carbonyl (C=O) groups is 1. The maximum absolute atomic E-state index is 13.4. The number of nitrogens with one attached hydrogen (secondary N) is 2. The fourth-order valence-electron chi connectivity index (χ4n) is 2.95. The summed E-state index contributed by atoms with van der Waals surface area (Å²) in [5, 5.41) is 5.92. The van der Waals surface area contributed by atoms with Gasteiger partial charge in [0.25, 0.3) is 5.91 Å². The van der Waals surface area contributed by atoms with E-state index in [-0.39, 0.29) is 11.7 Å². The first-order valence-electron chi connectivity index (χ1n) is 9.51. The van der Waals surface area contributed by atoms with Crippen LogP contribution in [0.15, 0.2) is 85.2 Å². The lowest BCUT2D eigenvalue weighted by Crippen LogP contribution is -2.12. The molecule has 0 spiro atoms. The molecule has 2 N–H and O–H groups in total. The van der Waals surface area contributed by atoms with Crippen LogP contribution in [0.25, 0.3) is 11.1 Å². The molecule has 31 heavy (non-hydrogen) atoms. The minimum Gasteiger partial charge on any atom is -0.497 e. The molecule has 154 valence electrons. The van der Waals surface area contributed by atoms with Crippen LogP contribution in [0.5, 0.6) is 5.75 Å². The average molecular weight is 414 g/mol. The summed E-state index contributed by atoms with van der Waals surface area (Å²) in [6.45, 7) is 0. The molecular formula is C24H19FN4O2. The fraction of sp³-hybridized carbons (Fsp3) is 0.0417. The molecule has 6 nitrogen and oxygen atoms in total. The maximum atomic E-state index is 13.4. The molecule has 4 rings (SSSR count). The number of amides is 1. The summed E-state index contributed by atoms with van der Waals surface area (Å²) in [4.78, 5) is 21.1. The van der Waals surface area contributed by atoms with Crippen molar-refractivity contribution < 1.29 is 13.9 Å². The van der Waals surface area contributed by atoms with E-state index in [1.807, 2.05) is 6.07 Å². The molecule has 4 aromatic rings. The lowest BCUT2D eigenvalue weighted by molar-refractivity contribution is 0.102. The Morgan fingerprint density at radius 2 is 1.61 bits per heavy atom. The number of anilines is 3. The molecule has 0 atom stereocenters. The molecule has 0 fully saturated rings. The van der Waals surface area contributed by atoms with Crippen LogP contribution >= 0.6 is 0 Å². The Morgan fingerprint density at radius 3 is 2.32 bits per heavy atom. The lowest BCUT2D eigenvalue weighted by Gasteiger charge is -2.09. The SMILES string of the molecule is COc1ccc(NC(=O)c2cccc(Nc3ncc(-c4cccc(F)c4)cn3)c2)cc1. The number of rotatable bonds is 6. The third-order valence-corrected chi connectivity index (χ3v) is 4.54. The Bertz CT molecular complexity index is 1190. The minimum atomic E-state index is -0.315. The van der Waals surface area contributed by atoms with E-state index in [2.05, 4.69) is 20.6 Å². The normalized spacial score (nSPS) is 10.4. The van der Waals surface area contributed by atoms with Gasteiger partial charge in [-0.3, -0.25) is 4.79 Å². The first-order chi connectivity index (χ1) is 15.1. The van der Waals surface area contributed by atoms with Gasteiger partial charge in [0.15, 0.2) is 0 Å². The van der Waals surface area contributed by atoms with Crippen LogP contribution in [0.2, 0.25) is 0 Å². The highest BCUT2D eigenvalue weighted by Gasteiger charge is 2.08. The van der Waals surface area contributed by atoms with Gasteiger partial charge in [0.1, 0.15) is 11.6 Å². The monoisotopic (exact) mass is 414 g/mol. The molecule has 0 aliphatic heterocycles. The summed E-state index contributed by atoms with van der Waals surface area (Å²) in [6, 6.07) is 20.4. The van der Waals surface area contributed by atoms with Crippen molar-refractivity contribution in [3.63, 3.8) is 0 Å². The van der Waals surface area contributed by atoms with Crippen molar-refractivity contribution >= 4 is 23.2 Å². The predicted octanol–water partition coefficient (Wildman–Crippen LogP) is 5.29. The van der Waals surface area contributed by atoms with Crippen molar-refractivity contribution in [3.05, 3.63) is 96.6 Å². The van der Waals surface area contributed by atoms with Crippen LogP contribution in [-0.2, 0) is 0 Å². The molecule has 1 heterocycles. The van der Waals surface area contributed by atoms with Gasteiger partial charge in [-0.15, -0.1) is 0 Å². The van der Waals surface area contributed by atoms with Crippen molar-refractivity contribution in [1.82, 2.24) is 9.97 Å². The van der Waals surface area contributed by atoms with Crippen molar-refractivity contribution in [2.75, 3.05) is 17.7 Å². The summed E-state index contributed by atoms with van der Waals surface area (Å²) in [5.41, 5.74) is 3.22. The number of carbonyl (C=O) groups excluding carboxylic acids is 1. The third kappa shape index (κ3) is 5.02. The van der Waals surface area contributed by atoms with E-state index in [1.165, 1.54) is 12.1 Å². The number of methoxy groups -OCH3 is 1. The number of benzene rings is 3. The molecule has 0 radical (unpaired) electrons. The number of ether oxygens (including phenoxy) is 1. The highest BCUT2D eigenvalue weighted by atomic mass is 19.1. The van der Waals surface area contributed by atoms with Crippen LogP contribution < -0.4 is 15.4 Å². The van der Waals surface area contributed by atoms with Crippen LogP contribution in [0, 0.1) is 5.82 Å². The number of aromatic nitrogens is 2. The second kappa shape index (κ2) is 9.04. The first-order valence-corrected chi connectivity index (χ1v) is 9.51. The highest BCUT2D eigenvalue weighted by molar-refractivity contribution is 6.04. The second-order valence-electron chi connectivity index (χ2n) is 6.69. The predicted molar refractivity (Wildman–Crippen MR) is 118 cm³/mol. The molecule has 1 amide bonds. The topological polar surface area (TPSA) is 76.1 Å². The van der Waals surface area contributed by atoms with Gasteiger partial charge in [0, 0.05) is 34.9 Å².